The molecule has 0 bridgehead atoms. The highest BCUT2D eigenvalue weighted by Crippen LogP contribution is 2.41. The van der Waals surface area contributed by atoms with Gasteiger partial charge in [-0.15, -0.1) is 0 Å². The van der Waals surface area contributed by atoms with Gasteiger partial charge in [0.1, 0.15) is 18.0 Å². The molecule has 0 amide bonds. The molecule has 0 saturated carbocycles. The quantitative estimate of drug-likeness (QED) is 0.177. The molecule has 1 aliphatic heterocycles. The third-order valence-corrected chi connectivity index (χ3v) is 5.69. The van der Waals surface area contributed by atoms with Gasteiger partial charge >= 0.3 is 11.9 Å². The molecule has 0 aliphatic carbocycles. The molecule has 11 nitrogen and oxygen atoms in total. The van der Waals surface area contributed by atoms with Gasteiger partial charge in [0.05, 0.1) is 10.9 Å². The number of aliphatic carboxylic acids is 1. The number of hydrogen-bond donors (Lipinski definition) is 6. The van der Waals surface area contributed by atoms with E-state index >= 15 is 0 Å². The Labute approximate surface area is 202 Å². The fourth-order valence-electron chi connectivity index (χ4n) is 3.97. The van der Waals surface area contributed by atoms with Crippen LogP contribution >= 0.6 is 0 Å². The van der Waals surface area contributed by atoms with Gasteiger partial charge in [-0.3, -0.25) is 4.79 Å². The lowest BCUT2D eigenvalue weighted by Crippen LogP contribution is -2.38. The van der Waals surface area contributed by atoms with E-state index in [0.717, 1.165) is 36.4 Å². The van der Waals surface area contributed by atoms with Crippen LogP contribution < -0.4 is 10.2 Å². The minimum absolute atomic E-state index is 0.0168. The summed E-state index contributed by atoms with van der Waals surface area (Å²) in [7, 11) is 0. The zero-order chi connectivity index (χ0) is 26.3. The molecule has 0 unspecified atom stereocenters. The van der Waals surface area contributed by atoms with Crippen LogP contribution in [0.15, 0.2) is 41.2 Å². The van der Waals surface area contributed by atoms with Crippen LogP contribution in [0.5, 0.6) is 34.5 Å². The Morgan fingerprint density at radius 3 is 2.42 bits per heavy atom. The number of phenols is 4. The normalized spacial score (nSPS) is 16.9. The molecule has 0 aromatic heterocycles. The summed E-state index contributed by atoms with van der Waals surface area (Å²) in [6.45, 7) is 1.59. The number of ether oxygens (including phenoxy) is 2. The summed E-state index contributed by atoms with van der Waals surface area (Å²) < 4.78 is 11.2. The van der Waals surface area contributed by atoms with E-state index in [-0.39, 0.29) is 40.2 Å². The Hall–Kier alpha value is -4.93. The average molecular weight is 496 g/mol. The maximum Gasteiger partial charge on any atom is 0.338 e. The second-order valence-electron chi connectivity index (χ2n) is 8.17. The van der Waals surface area contributed by atoms with Gasteiger partial charge in [-0.2, -0.15) is 0 Å². The highest BCUT2D eigenvalue weighted by atomic mass is 16.6. The van der Waals surface area contributed by atoms with Crippen LogP contribution in [0.4, 0.5) is 0 Å². The molecule has 1 heterocycles. The number of carboxylic acid groups (broad SMARTS) is 1. The summed E-state index contributed by atoms with van der Waals surface area (Å²) in [5.74, 6) is -5.22. The number of esters is 1. The second kappa shape index (κ2) is 9.02. The first-order valence-electron chi connectivity index (χ1n) is 10.6. The van der Waals surface area contributed by atoms with Gasteiger partial charge in [-0.1, -0.05) is 0 Å². The van der Waals surface area contributed by atoms with E-state index in [1.54, 1.807) is 6.92 Å². The zero-order valence-electron chi connectivity index (χ0n) is 18.6. The Morgan fingerprint density at radius 2 is 1.72 bits per heavy atom. The molecule has 1 aliphatic rings. The minimum Gasteiger partial charge on any atom is -0.508 e. The lowest BCUT2D eigenvalue weighted by atomic mass is 9.99. The van der Waals surface area contributed by atoms with E-state index in [9.17, 15) is 39.9 Å². The van der Waals surface area contributed by atoms with Crippen LogP contribution in [-0.2, 0) is 16.0 Å². The molecule has 186 valence electrons. The van der Waals surface area contributed by atoms with E-state index in [4.69, 9.17) is 14.6 Å². The van der Waals surface area contributed by atoms with Gasteiger partial charge in [-0.25, -0.2) is 9.59 Å². The van der Waals surface area contributed by atoms with Crippen molar-refractivity contribution in [2.75, 3.05) is 0 Å². The fourth-order valence-corrected chi connectivity index (χ4v) is 3.97. The van der Waals surface area contributed by atoms with E-state index in [0.29, 0.717) is 5.56 Å². The van der Waals surface area contributed by atoms with Crippen molar-refractivity contribution in [2.24, 2.45) is 0 Å². The first-order valence-corrected chi connectivity index (χ1v) is 10.6. The number of aromatic hydroxyl groups is 5. The molecule has 0 saturated heterocycles. The molecular weight excluding hydrogens is 476 g/mol. The lowest BCUT2D eigenvalue weighted by Gasteiger charge is -2.31. The first-order chi connectivity index (χ1) is 17.0. The Morgan fingerprint density at radius 1 is 1.00 bits per heavy atom. The molecule has 6 N–H and O–H groups in total. The highest BCUT2D eigenvalue weighted by Gasteiger charge is 2.32. The zero-order valence-corrected chi connectivity index (χ0v) is 18.6. The molecule has 3 aromatic carbocycles. The predicted molar refractivity (Wildman–Crippen MR) is 125 cm³/mol. The number of carbonyl (C=O) groups excluding carboxylic acids is 1. The van der Waals surface area contributed by atoms with Crippen LogP contribution in [0.25, 0.3) is 16.8 Å². The minimum atomic E-state index is -1.33. The maximum atomic E-state index is 13.1. The number of carbonyl (C=O) groups is 2. The molecule has 0 spiro atoms. The summed E-state index contributed by atoms with van der Waals surface area (Å²) in [6.07, 6.45) is 0.238. The van der Waals surface area contributed by atoms with Gasteiger partial charge < -0.3 is 40.1 Å². The molecule has 36 heavy (non-hydrogen) atoms. The number of benzene rings is 2. The number of fused-ring (bicyclic) bond motifs is 2. The monoisotopic (exact) mass is 496 g/mol. The van der Waals surface area contributed by atoms with Crippen molar-refractivity contribution < 1.29 is 49.7 Å². The summed E-state index contributed by atoms with van der Waals surface area (Å²) in [4.78, 5) is 36.6. The van der Waals surface area contributed by atoms with Crippen LogP contribution in [0, 0.1) is 0 Å². The molecule has 0 radical (unpaired) electrons. The smallest absolute Gasteiger partial charge is 0.338 e. The van der Waals surface area contributed by atoms with Crippen LogP contribution in [-0.4, -0.2) is 54.8 Å². The molecular formula is C25H20O11. The van der Waals surface area contributed by atoms with Crippen molar-refractivity contribution in [1.82, 2.24) is 0 Å². The molecule has 3 aromatic rings. The second-order valence-corrected chi connectivity index (χ2v) is 8.17. The van der Waals surface area contributed by atoms with Crippen molar-refractivity contribution >= 4 is 28.8 Å². The Bertz CT molecular complexity index is 1510. The topological polar surface area (TPSA) is 191 Å². The van der Waals surface area contributed by atoms with E-state index < -0.39 is 52.2 Å². The van der Waals surface area contributed by atoms with Crippen LogP contribution in [0.1, 0.15) is 28.4 Å². The molecule has 0 fully saturated rings. The number of rotatable bonds is 4. The Balaban J connectivity index is 1.79. The summed E-state index contributed by atoms with van der Waals surface area (Å²) >= 11 is 0. The van der Waals surface area contributed by atoms with Crippen molar-refractivity contribution in [3.63, 3.8) is 0 Å². The van der Waals surface area contributed by atoms with Crippen molar-refractivity contribution in [3.8, 4) is 34.5 Å². The third-order valence-electron chi connectivity index (χ3n) is 5.69. The predicted octanol–water partition coefficient (Wildman–Crippen LogP) is 2.37. The van der Waals surface area contributed by atoms with Crippen molar-refractivity contribution in [1.29, 1.82) is 0 Å². The van der Waals surface area contributed by atoms with Crippen LogP contribution in [0.2, 0.25) is 0 Å². The summed E-state index contributed by atoms with van der Waals surface area (Å²) in [5.41, 5.74) is -1.04. The Kier molecular flexibility index (Phi) is 6.07. The molecule has 11 heteroatoms. The third kappa shape index (κ3) is 4.41. The largest absolute Gasteiger partial charge is 0.508 e. The van der Waals surface area contributed by atoms with Gasteiger partial charge in [0.2, 0.25) is 5.43 Å². The van der Waals surface area contributed by atoms with Crippen molar-refractivity contribution in [2.45, 2.75) is 25.6 Å². The van der Waals surface area contributed by atoms with E-state index in [1.807, 2.05) is 0 Å². The maximum absolute atomic E-state index is 13.1. The average Bonchev–Trinajstić information content (AvgIpc) is 2.93. The number of carboxylic acids is 1. The van der Waals surface area contributed by atoms with E-state index in [2.05, 4.69) is 0 Å². The highest BCUT2D eigenvalue weighted by molar-refractivity contribution is 6.04. The molecule has 4 rings (SSSR count). The number of hydrogen-bond acceptors (Lipinski definition) is 10. The fraction of sp³-hybridized carbons (Fsp3) is 0.160. The lowest BCUT2D eigenvalue weighted by molar-refractivity contribution is -0.131. The van der Waals surface area contributed by atoms with Gasteiger partial charge in [0.25, 0.3) is 0 Å². The SMILES string of the molecule is C[C@@H]1Oc2c(O)cc(O)cc2C[C@@H]1OC(=O)c1cc(=O)c(O)c2c(O)c(O)cc(/C=C/C(=O)O)c2c1. The van der Waals surface area contributed by atoms with Gasteiger partial charge in [0.15, 0.2) is 28.7 Å². The molecule has 2 atom stereocenters. The summed E-state index contributed by atoms with van der Waals surface area (Å²) in [6, 6.07) is 5.35. The number of phenolic OH excluding ortho intramolecular Hbond substituents is 4. The van der Waals surface area contributed by atoms with Crippen molar-refractivity contribution in [3.05, 3.63) is 63.3 Å². The van der Waals surface area contributed by atoms with Gasteiger partial charge in [-0.05, 0) is 42.1 Å². The summed E-state index contributed by atoms with van der Waals surface area (Å²) in [5, 5.41) is 58.8. The van der Waals surface area contributed by atoms with Gasteiger partial charge in [0, 0.05) is 30.2 Å². The van der Waals surface area contributed by atoms with E-state index in [1.165, 1.54) is 6.07 Å². The first kappa shape index (κ1) is 24.2. The van der Waals surface area contributed by atoms with Crippen LogP contribution in [0.3, 0.4) is 0 Å². The standard InChI is InChI=1S/C25H20O11/c1-10-19(8-12-4-14(26)9-18(29)24(12)35-10)36-25(34)13-5-15-11(2-3-20(30)31)6-16(27)22(32)21(15)23(33)17(28)7-13/h2-7,9-10,19,26-27,29,32H,8H2,1H3,(H,28,33)(H,30,31)/b3-2+/t10-,19-/m0/s1.